The lowest BCUT2D eigenvalue weighted by Gasteiger charge is -2.11. The summed E-state index contributed by atoms with van der Waals surface area (Å²) < 4.78 is 31.7. The van der Waals surface area contributed by atoms with Crippen LogP contribution >= 0.6 is 0 Å². The third-order valence-corrected chi connectivity index (χ3v) is 1.46. The number of halogens is 3. The van der Waals surface area contributed by atoms with Crippen LogP contribution in [0.15, 0.2) is 0 Å². The monoisotopic (exact) mass is 271 g/mol. The molecule has 0 bridgehead atoms. The average molecular weight is 271 g/mol. The molecule has 1 amide bonds. The van der Waals surface area contributed by atoms with Crippen LogP contribution < -0.4 is 11.1 Å². The molecule has 18 heavy (non-hydrogen) atoms. The van der Waals surface area contributed by atoms with Crippen molar-refractivity contribution in [2.45, 2.75) is 25.1 Å². The zero-order chi connectivity index (χ0) is 14.8. The molecule has 1 unspecified atom stereocenters. The highest BCUT2D eigenvalue weighted by atomic mass is 19.4. The lowest BCUT2D eigenvalue weighted by molar-refractivity contribution is -0.192. The summed E-state index contributed by atoms with van der Waals surface area (Å²) in [6, 6.07) is 1.62. The van der Waals surface area contributed by atoms with Gasteiger partial charge in [-0.3, -0.25) is 0 Å². The molecule has 0 heterocycles. The largest absolute Gasteiger partial charge is 0.490 e. The summed E-state index contributed by atoms with van der Waals surface area (Å²) in [7, 11) is 0. The number of nitriles is 1. The van der Waals surface area contributed by atoms with Crippen LogP contribution in [0.4, 0.5) is 18.0 Å². The van der Waals surface area contributed by atoms with Gasteiger partial charge in [-0.15, -0.1) is 0 Å². The van der Waals surface area contributed by atoms with Crippen LogP contribution in [0, 0.1) is 11.3 Å². The van der Waals surface area contributed by atoms with Gasteiger partial charge in [0.1, 0.15) is 0 Å². The molecule has 0 saturated carbocycles. The number of nitrogens with one attached hydrogen (secondary N) is 1. The van der Waals surface area contributed by atoms with E-state index >= 15 is 0 Å². The number of carboxylic acids is 1. The van der Waals surface area contributed by atoms with E-state index in [1.165, 1.54) is 0 Å². The van der Waals surface area contributed by atoms with Crippen LogP contribution in [0.5, 0.6) is 0 Å². The van der Waals surface area contributed by atoms with Gasteiger partial charge in [-0.2, -0.15) is 18.4 Å². The average Bonchev–Trinajstić information content (AvgIpc) is 2.23. The maximum absolute atomic E-state index is 10.6. The van der Waals surface area contributed by atoms with Crippen molar-refractivity contribution in [1.82, 2.24) is 5.32 Å². The van der Waals surface area contributed by atoms with Crippen molar-refractivity contribution in [2.75, 3.05) is 6.54 Å². The molecule has 7 nitrogen and oxygen atoms in total. The topological polar surface area (TPSA) is 136 Å². The summed E-state index contributed by atoms with van der Waals surface area (Å²) >= 11 is 0. The fourth-order valence-corrected chi connectivity index (χ4v) is 0.662. The predicted octanol–water partition coefficient (Wildman–Crippen LogP) is 0.518. The first-order valence-corrected chi connectivity index (χ1v) is 4.51. The highest BCUT2D eigenvalue weighted by molar-refractivity contribution is 5.73. The zero-order valence-corrected chi connectivity index (χ0v) is 9.07. The molecule has 0 aliphatic rings. The normalized spacial score (nSPS) is 11.5. The molecule has 0 fully saturated rings. The Morgan fingerprint density at radius 1 is 1.39 bits per heavy atom. The van der Waals surface area contributed by atoms with E-state index < -0.39 is 18.2 Å². The van der Waals surface area contributed by atoms with E-state index in [1.807, 2.05) is 6.07 Å². The summed E-state index contributed by atoms with van der Waals surface area (Å²) in [5.74, 6) is -2.76. The minimum Gasteiger partial charge on any atom is -0.475 e. The number of carboxylic acid groups (broad SMARTS) is 2. The van der Waals surface area contributed by atoms with E-state index in [-0.39, 0.29) is 12.6 Å². The Morgan fingerprint density at radius 2 is 1.83 bits per heavy atom. The van der Waals surface area contributed by atoms with Crippen molar-refractivity contribution in [3.05, 3.63) is 0 Å². The molecule has 10 heteroatoms. The molecule has 0 aromatic rings. The summed E-state index contributed by atoms with van der Waals surface area (Å²) in [5, 5.41) is 25.8. The lowest BCUT2D eigenvalue weighted by atomic mass is 10.2. The fraction of sp³-hybridized carbons (Fsp3) is 0.625. The van der Waals surface area contributed by atoms with Gasteiger partial charge < -0.3 is 21.3 Å². The summed E-state index contributed by atoms with van der Waals surface area (Å²) in [5.41, 5.74) is 5.23. The molecule has 0 rings (SSSR count). The minimum absolute atomic E-state index is 0.230. The minimum atomic E-state index is -5.08. The van der Waals surface area contributed by atoms with E-state index in [4.69, 9.17) is 26.0 Å². The number of nitrogens with zero attached hydrogens (tertiary/aromatic N) is 1. The van der Waals surface area contributed by atoms with Crippen molar-refractivity contribution in [3.63, 3.8) is 0 Å². The Hall–Kier alpha value is -2.02. The van der Waals surface area contributed by atoms with Gasteiger partial charge in [0.15, 0.2) is 0 Å². The van der Waals surface area contributed by atoms with E-state index in [2.05, 4.69) is 5.32 Å². The third-order valence-electron chi connectivity index (χ3n) is 1.46. The van der Waals surface area contributed by atoms with Crippen LogP contribution in [0.2, 0.25) is 0 Å². The van der Waals surface area contributed by atoms with Gasteiger partial charge in [-0.25, -0.2) is 9.59 Å². The molecule has 104 valence electrons. The number of carbonyl (C=O) groups is 2. The molecule has 0 saturated heterocycles. The van der Waals surface area contributed by atoms with Gasteiger partial charge in [-0.1, -0.05) is 0 Å². The number of amides is 1. The second-order valence-corrected chi connectivity index (χ2v) is 2.88. The summed E-state index contributed by atoms with van der Waals surface area (Å²) in [4.78, 5) is 19.0. The first-order valence-electron chi connectivity index (χ1n) is 4.51. The SMILES string of the molecule is N#CCCC(CN)NC(=O)O.O=C(O)C(F)(F)F. The van der Waals surface area contributed by atoms with Crippen molar-refractivity contribution < 1.29 is 33.0 Å². The van der Waals surface area contributed by atoms with Crippen molar-refractivity contribution in [2.24, 2.45) is 5.73 Å². The number of rotatable bonds is 4. The van der Waals surface area contributed by atoms with E-state index in [1.54, 1.807) is 0 Å². The Kier molecular flexibility index (Phi) is 9.23. The van der Waals surface area contributed by atoms with E-state index in [9.17, 15) is 18.0 Å². The van der Waals surface area contributed by atoms with Gasteiger partial charge in [0.05, 0.1) is 6.07 Å². The van der Waals surface area contributed by atoms with Crippen LogP contribution in [-0.2, 0) is 4.79 Å². The first-order chi connectivity index (χ1) is 8.15. The van der Waals surface area contributed by atoms with Crippen molar-refractivity contribution in [1.29, 1.82) is 5.26 Å². The van der Waals surface area contributed by atoms with Gasteiger partial charge in [0.2, 0.25) is 0 Å². The second kappa shape index (κ2) is 9.06. The van der Waals surface area contributed by atoms with Crippen LogP contribution in [-0.4, -0.2) is 41.0 Å². The van der Waals surface area contributed by atoms with Gasteiger partial charge in [0, 0.05) is 19.0 Å². The highest BCUT2D eigenvalue weighted by Gasteiger charge is 2.38. The first kappa shape index (κ1) is 18.3. The van der Waals surface area contributed by atoms with E-state index in [0.29, 0.717) is 12.8 Å². The molecule has 0 spiro atoms. The quantitative estimate of drug-likeness (QED) is 0.588. The smallest absolute Gasteiger partial charge is 0.475 e. The van der Waals surface area contributed by atoms with Crippen LogP contribution in [0.25, 0.3) is 0 Å². The second-order valence-electron chi connectivity index (χ2n) is 2.88. The maximum atomic E-state index is 10.6. The molecular formula is C8H12F3N3O4. The standard InChI is InChI=1S/C6H11N3O2.C2HF3O2/c7-3-1-2-5(4-8)9-6(10)11;3-2(4,5)1(6)7/h5,9H,1-2,4,8H2,(H,10,11);(H,6,7). The molecule has 0 aliphatic carbocycles. The highest BCUT2D eigenvalue weighted by Crippen LogP contribution is 2.13. The molecule has 0 aromatic carbocycles. The van der Waals surface area contributed by atoms with Gasteiger partial charge in [0.25, 0.3) is 0 Å². The third kappa shape index (κ3) is 12.1. The Labute approximate surface area is 100.0 Å². The Balaban J connectivity index is 0. The lowest BCUT2D eigenvalue weighted by Crippen LogP contribution is -2.39. The molecule has 5 N–H and O–H groups in total. The van der Waals surface area contributed by atoms with Crippen LogP contribution in [0.1, 0.15) is 12.8 Å². The maximum Gasteiger partial charge on any atom is 0.490 e. The number of hydrogen-bond donors (Lipinski definition) is 4. The predicted molar refractivity (Wildman–Crippen MR) is 52.5 cm³/mol. The van der Waals surface area contributed by atoms with Gasteiger partial charge >= 0.3 is 18.2 Å². The molecule has 0 aromatic heterocycles. The Bertz CT molecular complexity index is 314. The van der Waals surface area contributed by atoms with E-state index in [0.717, 1.165) is 0 Å². The number of alkyl halides is 3. The molecule has 1 atom stereocenters. The van der Waals surface area contributed by atoms with Crippen LogP contribution in [0.3, 0.4) is 0 Å². The Morgan fingerprint density at radius 3 is 2.06 bits per heavy atom. The zero-order valence-electron chi connectivity index (χ0n) is 9.07. The summed E-state index contributed by atoms with van der Waals surface area (Å²) in [6.07, 6.45) is -5.39. The van der Waals surface area contributed by atoms with Gasteiger partial charge in [-0.05, 0) is 6.42 Å². The molecule has 0 aliphatic heterocycles. The fourth-order valence-electron chi connectivity index (χ4n) is 0.662. The molecule has 0 radical (unpaired) electrons. The number of hydrogen-bond acceptors (Lipinski definition) is 4. The van der Waals surface area contributed by atoms with Crippen molar-refractivity contribution >= 4 is 12.1 Å². The summed E-state index contributed by atoms with van der Waals surface area (Å²) in [6.45, 7) is 0.230. The number of nitrogens with two attached hydrogens (primary N) is 1. The van der Waals surface area contributed by atoms with Crippen molar-refractivity contribution in [3.8, 4) is 6.07 Å². The number of aliphatic carboxylic acids is 1. The molecular weight excluding hydrogens is 259 g/mol.